The van der Waals surface area contributed by atoms with Crippen molar-refractivity contribution in [3.63, 3.8) is 0 Å². The van der Waals surface area contributed by atoms with E-state index < -0.39 is 17.4 Å². The van der Waals surface area contributed by atoms with Crippen LogP contribution >= 0.6 is 0 Å². The third-order valence-electron chi connectivity index (χ3n) is 5.29. The lowest BCUT2D eigenvalue weighted by atomic mass is 10.0. The van der Waals surface area contributed by atoms with Gasteiger partial charge in [-0.05, 0) is 25.1 Å². The van der Waals surface area contributed by atoms with Crippen molar-refractivity contribution in [1.29, 1.82) is 0 Å². The number of hydrogen-bond donors (Lipinski definition) is 2. The smallest absolute Gasteiger partial charge is 0.269 e. The van der Waals surface area contributed by atoms with Crippen molar-refractivity contribution < 1.29 is 14.7 Å². The fraction of sp³-hybridized carbons (Fsp3) is 0.273. The van der Waals surface area contributed by atoms with Gasteiger partial charge in [0.05, 0.1) is 11.4 Å². The molecule has 0 saturated carbocycles. The number of aryl methyl sites for hydroxylation is 2. The minimum absolute atomic E-state index is 0.140. The monoisotopic (exact) mass is 418 g/mol. The number of rotatable bonds is 3. The SMILES string of the molecule is Cc1nn(C)cc1-c1cn(-c2cccc(C#C[C@]3(O)CCN(C)C3=O)c2)nc1C(N)=O. The van der Waals surface area contributed by atoms with Gasteiger partial charge in [0, 0.05) is 56.1 Å². The lowest BCUT2D eigenvalue weighted by Crippen LogP contribution is -2.37. The Morgan fingerprint density at radius 3 is 2.61 bits per heavy atom. The number of nitrogens with zero attached hydrogens (tertiary/aromatic N) is 5. The summed E-state index contributed by atoms with van der Waals surface area (Å²) < 4.78 is 3.21. The molecular formula is C22H22N6O3. The second-order valence-electron chi connectivity index (χ2n) is 7.64. The van der Waals surface area contributed by atoms with Crippen molar-refractivity contribution in [2.45, 2.75) is 18.9 Å². The van der Waals surface area contributed by atoms with Crippen LogP contribution in [-0.4, -0.2) is 60.6 Å². The van der Waals surface area contributed by atoms with E-state index >= 15 is 0 Å². The zero-order valence-electron chi connectivity index (χ0n) is 17.5. The predicted molar refractivity (Wildman–Crippen MR) is 113 cm³/mol. The lowest BCUT2D eigenvalue weighted by Gasteiger charge is -2.13. The minimum atomic E-state index is -1.67. The average Bonchev–Trinajstić information content (AvgIpc) is 3.39. The van der Waals surface area contributed by atoms with E-state index in [0.29, 0.717) is 23.4 Å². The van der Waals surface area contributed by atoms with E-state index in [-0.39, 0.29) is 12.1 Å². The van der Waals surface area contributed by atoms with Gasteiger partial charge in [0.1, 0.15) is 0 Å². The topological polar surface area (TPSA) is 119 Å². The van der Waals surface area contributed by atoms with E-state index in [9.17, 15) is 14.7 Å². The standard InChI is InChI=1S/C22H22N6O3/c1-14-17(12-27(3)24-14)18-13-28(25-19(18)20(23)29)16-6-4-5-15(11-16)7-8-22(31)9-10-26(2)21(22)30/h4-6,11-13,31H,9-10H2,1-3H3,(H2,23,29)/t22-/m0/s1. The molecular weight excluding hydrogens is 396 g/mol. The van der Waals surface area contributed by atoms with E-state index in [1.54, 1.807) is 54.1 Å². The van der Waals surface area contributed by atoms with Gasteiger partial charge >= 0.3 is 0 Å². The first-order chi connectivity index (χ1) is 14.7. The molecule has 3 aromatic rings. The fourth-order valence-electron chi connectivity index (χ4n) is 3.62. The maximum absolute atomic E-state index is 12.1. The molecule has 1 fully saturated rings. The fourth-order valence-corrected chi connectivity index (χ4v) is 3.62. The van der Waals surface area contributed by atoms with Gasteiger partial charge in [-0.15, -0.1) is 0 Å². The molecule has 3 N–H and O–H groups in total. The van der Waals surface area contributed by atoms with Gasteiger partial charge in [0.25, 0.3) is 11.8 Å². The Morgan fingerprint density at radius 2 is 2.00 bits per heavy atom. The third kappa shape index (κ3) is 3.69. The van der Waals surface area contributed by atoms with E-state index in [1.165, 1.54) is 4.90 Å². The lowest BCUT2D eigenvalue weighted by molar-refractivity contribution is -0.137. The van der Waals surface area contributed by atoms with Crippen LogP contribution in [0.15, 0.2) is 36.7 Å². The summed E-state index contributed by atoms with van der Waals surface area (Å²) in [5.41, 5.74) is 7.40. The molecule has 2 amide bonds. The maximum atomic E-state index is 12.1. The summed E-state index contributed by atoms with van der Waals surface area (Å²) in [5, 5.41) is 19.2. The molecule has 0 spiro atoms. The van der Waals surface area contributed by atoms with Crippen LogP contribution in [0.2, 0.25) is 0 Å². The predicted octanol–water partition coefficient (Wildman–Crippen LogP) is 0.625. The third-order valence-corrected chi connectivity index (χ3v) is 5.29. The highest BCUT2D eigenvalue weighted by Gasteiger charge is 2.42. The number of carbonyl (C=O) groups excluding carboxylic acids is 2. The Kier molecular flexibility index (Phi) is 4.87. The highest BCUT2D eigenvalue weighted by atomic mass is 16.3. The van der Waals surface area contributed by atoms with Crippen LogP contribution in [0.3, 0.4) is 0 Å². The van der Waals surface area contributed by atoms with E-state index in [1.807, 2.05) is 13.0 Å². The molecule has 3 heterocycles. The number of likely N-dealkylation sites (N-methyl/N-ethyl adjacent to an activating group) is 1. The second kappa shape index (κ2) is 7.41. The van der Waals surface area contributed by atoms with Crippen LogP contribution in [0, 0.1) is 18.8 Å². The molecule has 9 nitrogen and oxygen atoms in total. The Balaban J connectivity index is 1.72. The molecule has 1 saturated heterocycles. The number of nitrogens with two attached hydrogens (primary N) is 1. The quantitative estimate of drug-likeness (QED) is 0.605. The molecule has 1 aromatic carbocycles. The van der Waals surface area contributed by atoms with Crippen LogP contribution < -0.4 is 5.73 Å². The van der Waals surface area contributed by atoms with Crippen LogP contribution in [0.25, 0.3) is 16.8 Å². The van der Waals surface area contributed by atoms with Gasteiger partial charge < -0.3 is 15.7 Å². The minimum Gasteiger partial charge on any atom is -0.369 e. The van der Waals surface area contributed by atoms with Crippen LogP contribution in [0.4, 0.5) is 0 Å². The number of amides is 2. The molecule has 0 unspecified atom stereocenters. The van der Waals surface area contributed by atoms with Crippen LogP contribution in [-0.2, 0) is 11.8 Å². The number of benzene rings is 1. The summed E-state index contributed by atoms with van der Waals surface area (Å²) in [5.74, 6) is 4.55. The molecule has 1 aliphatic heterocycles. The first-order valence-electron chi connectivity index (χ1n) is 9.69. The van der Waals surface area contributed by atoms with Gasteiger partial charge in [-0.2, -0.15) is 10.2 Å². The second-order valence-corrected chi connectivity index (χ2v) is 7.64. The number of carbonyl (C=O) groups is 2. The Bertz CT molecular complexity index is 1260. The molecule has 31 heavy (non-hydrogen) atoms. The molecule has 2 aromatic heterocycles. The van der Waals surface area contributed by atoms with E-state index in [2.05, 4.69) is 22.0 Å². The summed E-state index contributed by atoms with van der Waals surface area (Å²) in [6, 6.07) is 7.13. The van der Waals surface area contributed by atoms with Crippen molar-refractivity contribution in [1.82, 2.24) is 24.5 Å². The highest BCUT2D eigenvalue weighted by molar-refractivity contribution is 5.98. The van der Waals surface area contributed by atoms with Crippen molar-refractivity contribution in [3.05, 3.63) is 53.6 Å². The summed E-state index contributed by atoms with van der Waals surface area (Å²) in [6.07, 6.45) is 3.80. The van der Waals surface area contributed by atoms with Gasteiger partial charge in [-0.3, -0.25) is 14.3 Å². The molecule has 4 rings (SSSR count). The largest absolute Gasteiger partial charge is 0.369 e. The first-order valence-corrected chi connectivity index (χ1v) is 9.69. The van der Waals surface area contributed by atoms with Crippen molar-refractivity contribution in [2.24, 2.45) is 12.8 Å². The summed E-state index contributed by atoms with van der Waals surface area (Å²) in [6.45, 7) is 2.31. The molecule has 1 aliphatic rings. The molecule has 0 radical (unpaired) electrons. The highest BCUT2D eigenvalue weighted by Crippen LogP contribution is 2.27. The average molecular weight is 418 g/mol. The first kappa shape index (κ1) is 20.4. The summed E-state index contributed by atoms with van der Waals surface area (Å²) >= 11 is 0. The number of aliphatic hydroxyl groups is 1. The van der Waals surface area contributed by atoms with Crippen molar-refractivity contribution in [2.75, 3.05) is 13.6 Å². The number of likely N-dealkylation sites (tertiary alicyclic amines) is 1. The number of primary amides is 1. The van der Waals surface area contributed by atoms with Crippen LogP contribution in [0.1, 0.15) is 28.2 Å². The maximum Gasteiger partial charge on any atom is 0.269 e. The molecule has 0 aliphatic carbocycles. The van der Waals surface area contributed by atoms with E-state index in [0.717, 1.165) is 11.3 Å². The van der Waals surface area contributed by atoms with Gasteiger partial charge in [-0.25, -0.2) is 4.68 Å². The Morgan fingerprint density at radius 1 is 1.23 bits per heavy atom. The number of aromatic nitrogens is 4. The molecule has 158 valence electrons. The van der Waals surface area contributed by atoms with Gasteiger partial charge in [0.15, 0.2) is 5.69 Å². The normalized spacial score (nSPS) is 18.2. The number of hydrogen-bond acceptors (Lipinski definition) is 5. The van der Waals surface area contributed by atoms with Crippen molar-refractivity contribution >= 4 is 11.8 Å². The Hall–Kier alpha value is -3.90. The Labute approximate surface area is 179 Å². The van der Waals surface area contributed by atoms with Crippen molar-refractivity contribution in [3.8, 4) is 28.7 Å². The zero-order chi connectivity index (χ0) is 22.3. The van der Waals surface area contributed by atoms with Crippen LogP contribution in [0.5, 0.6) is 0 Å². The zero-order valence-corrected chi connectivity index (χ0v) is 17.5. The molecule has 0 bridgehead atoms. The summed E-state index contributed by atoms with van der Waals surface area (Å²) in [4.78, 5) is 25.6. The molecule has 9 heteroatoms. The summed E-state index contributed by atoms with van der Waals surface area (Å²) in [7, 11) is 3.44. The van der Waals surface area contributed by atoms with Gasteiger partial charge in [-0.1, -0.05) is 17.9 Å². The molecule has 1 atom stereocenters. The van der Waals surface area contributed by atoms with E-state index in [4.69, 9.17) is 5.73 Å². The van der Waals surface area contributed by atoms with Gasteiger partial charge in [0.2, 0.25) is 5.60 Å².